The maximum absolute atomic E-state index is 6.05. The molecule has 0 spiro atoms. The Labute approximate surface area is 125 Å². The molecule has 0 aliphatic rings. The van der Waals surface area contributed by atoms with E-state index in [9.17, 15) is 0 Å². The molecule has 0 heterocycles. The lowest BCUT2D eigenvalue weighted by Crippen LogP contribution is -2.09. The van der Waals surface area contributed by atoms with E-state index in [1.165, 1.54) is 0 Å². The maximum atomic E-state index is 6.05. The van der Waals surface area contributed by atoms with Crippen molar-refractivity contribution >= 4 is 0 Å². The molecule has 0 saturated carbocycles. The van der Waals surface area contributed by atoms with Gasteiger partial charge in [-0.05, 0) is 38.1 Å². The molecule has 0 aliphatic heterocycles. The fourth-order valence-electron chi connectivity index (χ4n) is 2.17. The Balaban J connectivity index is 2.40. The second kappa shape index (κ2) is 6.99. The molecule has 0 aliphatic carbocycles. The fourth-order valence-corrected chi connectivity index (χ4v) is 2.17. The first-order valence-corrected chi connectivity index (χ1v) is 6.99. The van der Waals surface area contributed by atoms with Gasteiger partial charge in [0, 0.05) is 6.04 Å². The zero-order valence-corrected chi connectivity index (χ0v) is 12.6. The molecule has 2 N–H and O–H groups in total. The minimum atomic E-state index is -0.199. The van der Waals surface area contributed by atoms with Gasteiger partial charge >= 0.3 is 0 Å². The fraction of sp³-hybridized carbons (Fsp3) is 0.294. The van der Waals surface area contributed by atoms with Crippen LogP contribution in [-0.4, -0.2) is 13.7 Å². The highest BCUT2D eigenvalue weighted by Crippen LogP contribution is 2.38. The molecule has 2 aromatic carbocycles. The number of benzene rings is 2. The maximum Gasteiger partial charge on any atom is 0.169 e. The molecule has 0 bridgehead atoms. The van der Waals surface area contributed by atoms with Crippen molar-refractivity contribution in [3.63, 3.8) is 0 Å². The minimum absolute atomic E-state index is 0.199. The molecule has 112 valence electrons. The smallest absolute Gasteiger partial charge is 0.169 e. The van der Waals surface area contributed by atoms with E-state index < -0.39 is 0 Å². The summed E-state index contributed by atoms with van der Waals surface area (Å²) in [6.45, 7) is 4.42. The van der Waals surface area contributed by atoms with Crippen molar-refractivity contribution < 1.29 is 14.2 Å². The van der Waals surface area contributed by atoms with E-state index >= 15 is 0 Å². The van der Waals surface area contributed by atoms with E-state index in [1.807, 2.05) is 56.3 Å². The summed E-state index contributed by atoms with van der Waals surface area (Å²) in [5, 5.41) is 0. The van der Waals surface area contributed by atoms with E-state index in [2.05, 4.69) is 0 Å². The molecular formula is C17H21NO3. The van der Waals surface area contributed by atoms with Gasteiger partial charge in [-0.15, -0.1) is 0 Å². The van der Waals surface area contributed by atoms with Crippen LogP contribution >= 0.6 is 0 Å². The van der Waals surface area contributed by atoms with Gasteiger partial charge in [-0.1, -0.05) is 18.2 Å². The van der Waals surface area contributed by atoms with E-state index in [0.29, 0.717) is 23.9 Å². The van der Waals surface area contributed by atoms with Crippen molar-refractivity contribution in [1.29, 1.82) is 0 Å². The van der Waals surface area contributed by atoms with E-state index in [-0.39, 0.29) is 6.04 Å². The summed E-state index contributed by atoms with van der Waals surface area (Å²) in [5.41, 5.74) is 6.89. The first kappa shape index (κ1) is 15.2. The van der Waals surface area contributed by atoms with Gasteiger partial charge in [0.25, 0.3) is 0 Å². The van der Waals surface area contributed by atoms with Gasteiger partial charge in [0.1, 0.15) is 11.5 Å². The molecule has 0 radical (unpaired) electrons. The monoisotopic (exact) mass is 287 g/mol. The number of rotatable bonds is 6. The van der Waals surface area contributed by atoms with Crippen LogP contribution in [-0.2, 0) is 0 Å². The van der Waals surface area contributed by atoms with Crippen LogP contribution in [0.15, 0.2) is 42.5 Å². The summed E-state index contributed by atoms with van der Waals surface area (Å²) in [7, 11) is 1.62. The summed E-state index contributed by atoms with van der Waals surface area (Å²) >= 11 is 0. The van der Waals surface area contributed by atoms with Crippen molar-refractivity contribution in [1.82, 2.24) is 0 Å². The van der Waals surface area contributed by atoms with Crippen molar-refractivity contribution in [2.45, 2.75) is 19.9 Å². The highest BCUT2D eigenvalue weighted by Gasteiger charge is 2.16. The summed E-state index contributed by atoms with van der Waals surface area (Å²) in [6.07, 6.45) is 0. The summed E-state index contributed by atoms with van der Waals surface area (Å²) in [5.74, 6) is 2.76. The van der Waals surface area contributed by atoms with Crippen molar-refractivity contribution in [2.24, 2.45) is 5.73 Å². The third-order valence-corrected chi connectivity index (χ3v) is 3.07. The van der Waals surface area contributed by atoms with Crippen LogP contribution < -0.4 is 19.9 Å². The first-order chi connectivity index (χ1) is 10.2. The average molecular weight is 287 g/mol. The van der Waals surface area contributed by atoms with Gasteiger partial charge in [-0.2, -0.15) is 0 Å². The Morgan fingerprint density at radius 3 is 2.19 bits per heavy atom. The van der Waals surface area contributed by atoms with Gasteiger partial charge in [-0.3, -0.25) is 0 Å². The van der Waals surface area contributed by atoms with Gasteiger partial charge in [0.15, 0.2) is 11.5 Å². The normalized spacial score (nSPS) is 11.8. The molecular weight excluding hydrogens is 266 g/mol. The van der Waals surface area contributed by atoms with Crippen LogP contribution in [0.2, 0.25) is 0 Å². The number of hydrogen-bond donors (Lipinski definition) is 1. The number of methoxy groups -OCH3 is 1. The highest BCUT2D eigenvalue weighted by molar-refractivity contribution is 5.50. The molecule has 0 fully saturated rings. The SMILES string of the molecule is CCOc1ccccc1Oc1cccc(OC)c1[C@@H](C)N. The van der Waals surface area contributed by atoms with E-state index in [4.69, 9.17) is 19.9 Å². The topological polar surface area (TPSA) is 53.7 Å². The highest BCUT2D eigenvalue weighted by atomic mass is 16.5. The molecule has 21 heavy (non-hydrogen) atoms. The predicted molar refractivity (Wildman–Crippen MR) is 83.3 cm³/mol. The molecule has 4 heteroatoms. The Bertz CT molecular complexity index is 596. The molecule has 2 rings (SSSR count). The lowest BCUT2D eigenvalue weighted by atomic mass is 10.1. The van der Waals surface area contributed by atoms with Crippen LogP contribution in [0.1, 0.15) is 25.5 Å². The largest absolute Gasteiger partial charge is 0.496 e. The Hall–Kier alpha value is -2.20. The standard InChI is InChI=1S/C17H21NO3/c1-4-20-13-8-5-6-9-14(13)21-16-11-7-10-15(19-3)17(16)12(2)18/h5-12H,4,18H2,1-3H3/t12-/m1/s1. The zero-order valence-electron chi connectivity index (χ0n) is 12.6. The Morgan fingerprint density at radius 1 is 0.952 bits per heavy atom. The lowest BCUT2D eigenvalue weighted by molar-refractivity contribution is 0.320. The number of hydrogen-bond acceptors (Lipinski definition) is 4. The quantitative estimate of drug-likeness (QED) is 0.875. The van der Waals surface area contributed by atoms with E-state index in [1.54, 1.807) is 7.11 Å². The predicted octanol–water partition coefficient (Wildman–Crippen LogP) is 3.91. The molecule has 0 aromatic heterocycles. The molecule has 0 amide bonds. The summed E-state index contributed by atoms with van der Waals surface area (Å²) < 4.78 is 17.0. The van der Waals surface area contributed by atoms with Gasteiger partial charge < -0.3 is 19.9 Å². The molecule has 4 nitrogen and oxygen atoms in total. The van der Waals surface area contributed by atoms with Crippen molar-refractivity contribution in [2.75, 3.05) is 13.7 Å². The first-order valence-electron chi connectivity index (χ1n) is 6.99. The van der Waals surface area contributed by atoms with E-state index in [0.717, 1.165) is 11.3 Å². The van der Waals surface area contributed by atoms with Gasteiger partial charge in [-0.25, -0.2) is 0 Å². The Morgan fingerprint density at radius 2 is 1.57 bits per heavy atom. The third kappa shape index (κ3) is 3.47. The van der Waals surface area contributed by atoms with Crippen molar-refractivity contribution in [3.8, 4) is 23.0 Å². The Kier molecular flexibility index (Phi) is 5.06. The van der Waals surface area contributed by atoms with Crippen LogP contribution in [0.3, 0.4) is 0 Å². The lowest BCUT2D eigenvalue weighted by Gasteiger charge is -2.18. The van der Waals surface area contributed by atoms with Crippen LogP contribution in [0, 0.1) is 0 Å². The number of nitrogens with two attached hydrogens (primary N) is 1. The third-order valence-electron chi connectivity index (χ3n) is 3.07. The van der Waals surface area contributed by atoms with Crippen LogP contribution in [0.25, 0.3) is 0 Å². The van der Waals surface area contributed by atoms with Gasteiger partial charge in [0.05, 0.1) is 19.3 Å². The summed E-state index contributed by atoms with van der Waals surface area (Å²) in [4.78, 5) is 0. The summed E-state index contributed by atoms with van der Waals surface area (Å²) in [6, 6.07) is 13.0. The molecule has 2 aromatic rings. The average Bonchev–Trinajstić information content (AvgIpc) is 2.49. The second-order valence-corrected chi connectivity index (χ2v) is 4.64. The molecule has 0 unspecified atom stereocenters. The second-order valence-electron chi connectivity index (χ2n) is 4.64. The zero-order chi connectivity index (χ0) is 15.2. The van der Waals surface area contributed by atoms with Gasteiger partial charge in [0.2, 0.25) is 0 Å². The number of ether oxygens (including phenoxy) is 3. The molecule has 1 atom stereocenters. The number of para-hydroxylation sites is 2. The van der Waals surface area contributed by atoms with Crippen LogP contribution in [0.4, 0.5) is 0 Å². The molecule has 0 saturated heterocycles. The minimum Gasteiger partial charge on any atom is -0.496 e. The van der Waals surface area contributed by atoms with Crippen LogP contribution in [0.5, 0.6) is 23.0 Å². The van der Waals surface area contributed by atoms with Crippen molar-refractivity contribution in [3.05, 3.63) is 48.0 Å².